The Morgan fingerprint density at radius 2 is 1.90 bits per heavy atom. The third kappa shape index (κ3) is 2.89. The Morgan fingerprint density at radius 3 is 2.55 bits per heavy atom. The second kappa shape index (κ2) is 6.66. The van der Waals surface area contributed by atoms with E-state index in [2.05, 4.69) is 20.2 Å². The van der Waals surface area contributed by atoms with Gasteiger partial charge in [-0.15, -0.1) is 0 Å². The topological polar surface area (TPSA) is 115 Å². The third-order valence-electron chi connectivity index (χ3n) is 4.78. The van der Waals surface area contributed by atoms with E-state index in [-0.39, 0.29) is 29.0 Å². The number of carbonyl (C=O) groups is 1. The highest BCUT2D eigenvalue weighted by Crippen LogP contribution is 2.32. The SMILES string of the molecule is CCN(C(=O)O)c1nc2c(C)c(-c3n[nH]c(=O)c4cc(F)c(F)cc34)ccc2[nH]1. The predicted octanol–water partition coefficient (Wildman–Crippen LogP) is 3.56. The van der Waals surface area contributed by atoms with Gasteiger partial charge in [-0.3, -0.25) is 4.79 Å². The number of imidazole rings is 1. The lowest BCUT2D eigenvalue weighted by molar-refractivity contribution is 0.202. The van der Waals surface area contributed by atoms with Gasteiger partial charge >= 0.3 is 6.09 Å². The van der Waals surface area contributed by atoms with Crippen LogP contribution in [0.5, 0.6) is 0 Å². The first-order valence-electron chi connectivity index (χ1n) is 8.69. The number of halogens is 2. The fraction of sp³-hybridized carbons (Fsp3) is 0.158. The van der Waals surface area contributed by atoms with Crippen LogP contribution in [0.15, 0.2) is 29.1 Å². The van der Waals surface area contributed by atoms with Gasteiger partial charge in [0.15, 0.2) is 11.6 Å². The number of amides is 1. The Bertz CT molecular complexity index is 1350. The Kier molecular flexibility index (Phi) is 4.26. The molecule has 8 nitrogen and oxygen atoms in total. The summed E-state index contributed by atoms with van der Waals surface area (Å²) >= 11 is 0. The Hall–Kier alpha value is -3.82. The predicted molar refractivity (Wildman–Crippen MR) is 103 cm³/mol. The fourth-order valence-corrected chi connectivity index (χ4v) is 3.32. The highest BCUT2D eigenvalue weighted by molar-refractivity contribution is 5.98. The number of aromatic nitrogens is 4. The number of benzene rings is 2. The number of fused-ring (bicyclic) bond motifs is 2. The zero-order chi connectivity index (χ0) is 20.9. The lowest BCUT2D eigenvalue weighted by atomic mass is 9.99. The molecule has 0 fully saturated rings. The summed E-state index contributed by atoms with van der Waals surface area (Å²) in [6.07, 6.45) is -1.14. The summed E-state index contributed by atoms with van der Waals surface area (Å²) in [5, 5.41) is 15.8. The average Bonchev–Trinajstić information content (AvgIpc) is 3.10. The van der Waals surface area contributed by atoms with Gasteiger partial charge in [-0.05, 0) is 37.6 Å². The summed E-state index contributed by atoms with van der Waals surface area (Å²) in [7, 11) is 0. The van der Waals surface area contributed by atoms with E-state index in [9.17, 15) is 23.5 Å². The standard InChI is InChI=1S/C19H15F2N5O3/c1-3-26(19(28)29)18-22-14-5-4-9(8(2)15(14)23-18)16-10-6-12(20)13(21)7-11(10)17(27)25-24-16/h4-7H,3H2,1-2H3,(H,22,23)(H,25,27)(H,28,29). The summed E-state index contributed by atoms with van der Waals surface area (Å²) in [4.78, 5) is 31.8. The van der Waals surface area contributed by atoms with Gasteiger partial charge in [0.1, 0.15) is 0 Å². The molecule has 2 heterocycles. The van der Waals surface area contributed by atoms with E-state index in [0.29, 0.717) is 22.2 Å². The van der Waals surface area contributed by atoms with Crippen molar-refractivity contribution < 1.29 is 18.7 Å². The minimum Gasteiger partial charge on any atom is -0.465 e. The van der Waals surface area contributed by atoms with E-state index in [1.807, 2.05) is 0 Å². The number of hydrogen-bond donors (Lipinski definition) is 3. The molecule has 4 aromatic rings. The van der Waals surface area contributed by atoms with Crippen LogP contribution in [-0.2, 0) is 0 Å². The molecular weight excluding hydrogens is 384 g/mol. The zero-order valence-electron chi connectivity index (χ0n) is 15.4. The van der Waals surface area contributed by atoms with Gasteiger partial charge in [0.05, 0.1) is 22.1 Å². The number of H-pyrrole nitrogens is 2. The molecule has 0 spiro atoms. The Balaban J connectivity index is 1.97. The second-order valence-electron chi connectivity index (χ2n) is 6.43. The fourth-order valence-electron chi connectivity index (χ4n) is 3.32. The molecule has 0 aliphatic carbocycles. The Labute approximate surface area is 161 Å². The maximum atomic E-state index is 13.8. The summed E-state index contributed by atoms with van der Waals surface area (Å²) in [5.41, 5.74) is 1.91. The third-order valence-corrected chi connectivity index (χ3v) is 4.78. The van der Waals surface area contributed by atoms with Crippen LogP contribution in [0.1, 0.15) is 12.5 Å². The first kappa shape index (κ1) is 18.5. The minimum absolute atomic E-state index is 0.0286. The van der Waals surface area contributed by atoms with Crippen molar-refractivity contribution in [3.63, 3.8) is 0 Å². The van der Waals surface area contributed by atoms with Crippen LogP contribution in [0.25, 0.3) is 33.1 Å². The van der Waals surface area contributed by atoms with Crippen molar-refractivity contribution in [2.24, 2.45) is 0 Å². The first-order chi connectivity index (χ1) is 13.8. The number of aryl methyl sites for hydroxylation is 1. The van der Waals surface area contributed by atoms with E-state index in [1.165, 1.54) is 0 Å². The molecule has 29 heavy (non-hydrogen) atoms. The van der Waals surface area contributed by atoms with E-state index in [0.717, 1.165) is 17.0 Å². The molecule has 0 atom stereocenters. The summed E-state index contributed by atoms with van der Waals surface area (Å²) in [6, 6.07) is 5.15. The molecule has 10 heteroatoms. The van der Waals surface area contributed by atoms with Gasteiger partial charge in [-0.1, -0.05) is 6.07 Å². The van der Waals surface area contributed by atoms with E-state index < -0.39 is 23.3 Å². The van der Waals surface area contributed by atoms with Crippen LogP contribution in [0.2, 0.25) is 0 Å². The van der Waals surface area contributed by atoms with Crippen LogP contribution < -0.4 is 10.5 Å². The van der Waals surface area contributed by atoms with Crippen molar-refractivity contribution >= 4 is 33.8 Å². The number of anilines is 1. The van der Waals surface area contributed by atoms with Crippen LogP contribution >= 0.6 is 0 Å². The Morgan fingerprint density at radius 1 is 1.21 bits per heavy atom. The van der Waals surface area contributed by atoms with Crippen molar-refractivity contribution in [3.05, 3.63) is 51.8 Å². The normalized spacial score (nSPS) is 11.3. The van der Waals surface area contributed by atoms with E-state index in [4.69, 9.17) is 0 Å². The molecule has 0 radical (unpaired) electrons. The van der Waals surface area contributed by atoms with Crippen LogP contribution in [0, 0.1) is 18.6 Å². The van der Waals surface area contributed by atoms with E-state index >= 15 is 0 Å². The number of rotatable bonds is 3. The zero-order valence-corrected chi connectivity index (χ0v) is 15.4. The maximum absolute atomic E-state index is 13.8. The molecule has 0 aliphatic heterocycles. The second-order valence-corrected chi connectivity index (χ2v) is 6.43. The smallest absolute Gasteiger partial charge is 0.414 e. The van der Waals surface area contributed by atoms with Crippen molar-refractivity contribution in [1.82, 2.24) is 20.2 Å². The van der Waals surface area contributed by atoms with Gasteiger partial charge in [-0.2, -0.15) is 5.10 Å². The summed E-state index contributed by atoms with van der Waals surface area (Å²) in [5.74, 6) is -2.05. The molecule has 0 unspecified atom stereocenters. The van der Waals surface area contributed by atoms with Gasteiger partial charge < -0.3 is 10.1 Å². The molecule has 0 saturated heterocycles. The minimum atomic E-state index is -1.14. The lowest BCUT2D eigenvalue weighted by Gasteiger charge is -2.12. The van der Waals surface area contributed by atoms with Crippen molar-refractivity contribution in [3.8, 4) is 11.3 Å². The number of aromatic amines is 2. The van der Waals surface area contributed by atoms with Crippen molar-refractivity contribution in [1.29, 1.82) is 0 Å². The molecule has 0 saturated carbocycles. The number of hydrogen-bond acceptors (Lipinski definition) is 4. The summed E-state index contributed by atoms with van der Waals surface area (Å²) < 4.78 is 27.5. The monoisotopic (exact) mass is 399 g/mol. The highest BCUT2D eigenvalue weighted by Gasteiger charge is 2.20. The van der Waals surface area contributed by atoms with Gasteiger partial charge in [-0.25, -0.2) is 28.6 Å². The van der Waals surface area contributed by atoms with Crippen LogP contribution in [0.4, 0.5) is 19.5 Å². The quantitative estimate of drug-likeness (QED) is 0.487. The molecule has 0 aliphatic rings. The molecule has 2 aromatic heterocycles. The molecule has 1 amide bonds. The van der Waals surface area contributed by atoms with Crippen molar-refractivity contribution in [2.75, 3.05) is 11.4 Å². The highest BCUT2D eigenvalue weighted by atomic mass is 19.2. The number of carboxylic acid groups (broad SMARTS) is 1. The molecule has 4 rings (SSSR count). The van der Waals surface area contributed by atoms with E-state index in [1.54, 1.807) is 26.0 Å². The maximum Gasteiger partial charge on any atom is 0.414 e. The average molecular weight is 399 g/mol. The molecule has 2 aromatic carbocycles. The van der Waals surface area contributed by atoms with Crippen LogP contribution in [0.3, 0.4) is 0 Å². The molecule has 0 bridgehead atoms. The van der Waals surface area contributed by atoms with Crippen LogP contribution in [-0.4, -0.2) is 37.9 Å². The van der Waals surface area contributed by atoms with Gasteiger partial charge in [0, 0.05) is 17.5 Å². The molecular formula is C19H15F2N5O3. The first-order valence-corrected chi connectivity index (χ1v) is 8.69. The largest absolute Gasteiger partial charge is 0.465 e. The summed E-state index contributed by atoms with van der Waals surface area (Å²) in [6.45, 7) is 3.64. The van der Waals surface area contributed by atoms with Crippen molar-refractivity contribution in [2.45, 2.75) is 13.8 Å². The molecule has 3 N–H and O–H groups in total. The van der Waals surface area contributed by atoms with Gasteiger partial charge in [0.2, 0.25) is 5.95 Å². The number of nitrogens with zero attached hydrogens (tertiary/aromatic N) is 3. The number of nitrogens with one attached hydrogen (secondary N) is 2. The van der Waals surface area contributed by atoms with Gasteiger partial charge in [0.25, 0.3) is 5.56 Å². The lowest BCUT2D eigenvalue weighted by Crippen LogP contribution is -2.29. The molecule has 148 valence electrons.